The normalized spacial score (nSPS) is 40.4. The Balaban J connectivity index is 1.10. The van der Waals surface area contributed by atoms with Crippen LogP contribution in [0.5, 0.6) is 0 Å². The molecule has 3 nitrogen and oxygen atoms in total. The Morgan fingerprint density at radius 1 is 0.784 bits per heavy atom. The zero-order valence-electron chi connectivity index (χ0n) is 34.7. The summed E-state index contributed by atoms with van der Waals surface area (Å²) in [5.41, 5.74) is 1.79. The van der Waals surface area contributed by atoms with Gasteiger partial charge in [-0.1, -0.05) is 130 Å². The van der Waals surface area contributed by atoms with Crippen molar-refractivity contribution in [1.82, 2.24) is 0 Å². The molecule has 0 spiro atoms. The zero-order chi connectivity index (χ0) is 36.9. The Morgan fingerprint density at radius 2 is 1.45 bits per heavy atom. The summed E-state index contributed by atoms with van der Waals surface area (Å²) in [5.74, 6) is 2.03. The van der Waals surface area contributed by atoms with E-state index in [0.717, 1.165) is 45.1 Å². The minimum atomic E-state index is -0.554. The van der Waals surface area contributed by atoms with E-state index in [4.69, 9.17) is 4.74 Å². The van der Waals surface area contributed by atoms with E-state index in [1.54, 1.807) is 5.57 Å². The van der Waals surface area contributed by atoms with Crippen LogP contribution in [-0.2, 0) is 9.53 Å². The minimum absolute atomic E-state index is 0.0951. The summed E-state index contributed by atoms with van der Waals surface area (Å²) in [6.07, 6.45) is 37.8. The third-order valence-electron chi connectivity index (χ3n) is 17.0. The summed E-state index contributed by atoms with van der Waals surface area (Å²) < 4.78 is 6.81. The van der Waals surface area contributed by atoms with Crippen molar-refractivity contribution < 1.29 is 14.6 Å². The van der Waals surface area contributed by atoms with Crippen molar-refractivity contribution >= 4 is 5.97 Å². The average Bonchev–Trinajstić information content (AvgIpc) is 3.08. The predicted molar refractivity (Wildman–Crippen MR) is 216 cm³/mol. The number of carbonyl (C=O) groups is 1. The Kier molecular flexibility index (Phi) is 13.6. The van der Waals surface area contributed by atoms with E-state index < -0.39 is 11.4 Å². The molecule has 10 atom stereocenters. The first kappa shape index (κ1) is 40.8. The van der Waals surface area contributed by atoms with Crippen molar-refractivity contribution in [1.29, 1.82) is 0 Å². The molecule has 1 N–H and O–H groups in total. The van der Waals surface area contributed by atoms with Crippen molar-refractivity contribution in [2.75, 3.05) is 6.61 Å². The monoisotopic (exact) mass is 705 g/mol. The van der Waals surface area contributed by atoms with Gasteiger partial charge in [-0.25, -0.2) is 0 Å². The van der Waals surface area contributed by atoms with Gasteiger partial charge in [0.1, 0.15) is 0 Å². The highest BCUT2D eigenvalue weighted by Gasteiger charge is 2.69. The van der Waals surface area contributed by atoms with Crippen LogP contribution in [0.25, 0.3) is 0 Å². The molecule has 51 heavy (non-hydrogen) atoms. The molecule has 4 saturated carbocycles. The number of aliphatic carboxylic acids is 1. The molecule has 0 aromatic heterocycles. The summed E-state index contributed by atoms with van der Waals surface area (Å²) in [5, 5.41) is 10.7. The molecule has 5 aliphatic carbocycles. The number of fused-ring (bicyclic) bond motifs is 7. The van der Waals surface area contributed by atoms with Gasteiger partial charge < -0.3 is 9.84 Å². The Labute approximate surface area is 315 Å². The highest BCUT2D eigenvalue weighted by Crippen LogP contribution is 2.75. The predicted octanol–water partition coefficient (Wildman–Crippen LogP) is 13.9. The van der Waals surface area contributed by atoms with Gasteiger partial charge in [-0.05, 0) is 148 Å². The van der Waals surface area contributed by atoms with Crippen LogP contribution >= 0.6 is 0 Å². The van der Waals surface area contributed by atoms with Crippen LogP contribution in [-0.4, -0.2) is 23.8 Å². The molecule has 1 unspecified atom stereocenters. The molecule has 0 aromatic carbocycles. The van der Waals surface area contributed by atoms with Crippen LogP contribution in [0.3, 0.4) is 0 Å². The molecule has 0 heterocycles. The number of carboxylic acids is 1. The first-order chi connectivity index (χ1) is 24.3. The maximum Gasteiger partial charge on any atom is 0.310 e. The standard InChI is InChI=1S/C48H80O3/c1-9-10-11-12-13-14-15-16-17-18-19-20-21-22-23-24-35-51-41-29-30-45(6)39(44(41,4)5)28-31-47(8)40(45)26-25-38-42-37(3)36(2)27-32-48(42,43(49)50)34-33-46(38,47)7/h13-14,16-17,25,36-37,39-42H,9-12,15,18-24,26-35H2,1-8H3,(H,49,50)/b14-13-,17-16-/t36-,37+,39?,40-,41+,42+,45+,46-,47-,48+/m1/s1. The molecule has 0 amide bonds. The van der Waals surface area contributed by atoms with Gasteiger partial charge in [0.15, 0.2) is 0 Å². The van der Waals surface area contributed by atoms with Crippen molar-refractivity contribution in [2.45, 2.75) is 196 Å². The van der Waals surface area contributed by atoms with Gasteiger partial charge in [-0.2, -0.15) is 0 Å². The second-order valence-corrected chi connectivity index (χ2v) is 19.9. The second kappa shape index (κ2) is 17.0. The van der Waals surface area contributed by atoms with E-state index in [2.05, 4.69) is 85.8 Å². The van der Waals surface area contributed by atoms with E-state index >= 15 is 0 Å². The molecule has 0 radical (unpaired) electrons. The molecule has 0 saturated heterocycles. The summed E-state index contributed by atoms with van der Waals surface area (Å²) in [6, 6.07) is 0. The van der Waals surface area contributed by atoms with Crippen LogP contribution in [0.2, 0.25) is 0 Å². The second-order valence-electron chi connectivity index (χ2n) is 19.9. The minimum Gasteiger partial charge on any atom is -0.481 e. The average molecular weight is 705 g/mol. The summed E-state index contributed by atoms with van der Waals surface area (Å²) >= 11 is 0. The lowest BCUT2D eigenvalue weighted by Crippen LogP contribution is -2.65. The lowest BCUT2D eigenvalue weighted by Gasteiger charge is -2.71. The maximum atomic E-state index is 13.0. The molecule has 3 heteroatoms. The maximum absolute atomic E-state index is 13.0. The van der Waals surface area contributed by atoms with Crippen molar-refractivity contribution in [3.8, 4) is 0 Å². The topological polar surface area (TPSA) is 46.5 Å². The number of allylic oxidation sites excluding steroid dienone is 6. The zero-order valence-corrected chi connectivity index (χ0v) is 34.7. The van der Waals surface area contributed by atoms with E-state index in [0.29, 0.717) is 35.2 Å². The number of hydrogen-bond donors (Lipinski definition) is 1. The van der Waals surface area contributed by atoms with Gasteiger partial charge in [0.2, 0.25) is 0 Å². The SMILES string of the molecule is CCCCC/C=C\C/C=C\CCCCCCCCO[C@H]1CC[C@@]2(C)C(CC[C@]3(C)[C@@H]2CC=C2[C@@H]4[C@@H](C)[C@H](C)CC[C@]4(C(=O)O)CC[C@]23C)C1(C)C. The number of rotatable bonds is 17. The Hall–Kier alpha value is -1.35. The largest absolute Gasteiger partial charge is 0.481 e. The van der Waals surface area contributed by atoms with E-state index in [-0.39, 0.29) is 22.2 Å². The first-order valence-electron chi connectivity index (χ1n) is 22.1. The fourth-order valence-corrected chi connectivity index (χ4v) is 13.4. The fraction of sp³-hybridized carbons (Fsp3) is 0.854. The van der Waals surface area contributed by atoms with Crippen LogP contribution < -0.4 is 0 Å². The third-order valence-corrected chi connectivity index (χ3v) is 17.0. The summed E-state index contributed by atoms with van der Waals surface area (Å²) in [6.45, 7) is 20.9. The van der Waals surface area contributed by atoms with Crippen LogP contribution in [0.1, 0.15) is 190 Å². The molecule has 5 rings (SSSR count). The Bertz CT molecular complexity index is 1240. The molecule has 290 valence electrons. The smallest absolute Gasteiger partial charge is 0.310 e. The molecular formula is C48H80O3. The Morgan fingerprint density at radius 3 is 2.14 bits per heavy atom. The van der Waals surface area contributed by atoms with Gasteiger partial charge in [0, 0.05) is 6.61 Å². The third kappa shape index (κ3) is 7.78. The number of unbranched alkanes of at least 4 members (excludes halogenated alkanes) is 9. The highest BCUT2D eigenvalue weighted by atomic mass is 16.5. The van der Waals surface area contributed by atoms with E-state index in [1.165, 1.54) is 96.3 Å². The molecule has 0 aromatic rings. The lowest BCUT2D eigenvalue weighted by atomic mass is 9.33. The van der Waals surface area contributed by atoms with Gasteiger partial charge >= 0.3 is 5.97 Å². The van der Waals surface area contributed by atoms with Gasteiger partial charge in [-0.3, -0.25) is 4.79 Å². The van der Waals surface area contributed by atoms with Gasteiger partial charge in [-0.15, -0.1) is 0 Å². The number of carboxylic acid groups (broad SMARTS) is 1. The fourth-order valence-electron chi connectivity index (χ4n) is 13.4. The summed E-state index contributed by atoms with van der Waals surface area (Å²) in [4.78, 5) is 13.0. The lowest BCUT2D eigenvalue weighted by molar-refractivity contribution is -0.213. The van der Waals surface area contributed by atoms with Crippen molar-refractivity contribution in [3.05, 3.63) is 36.0 Å². The quantitative estimate of drug-likeness (QED) is 0.121. The van der Waals surface area contributed by atoms with Crippen LogP contribution in [0.4, 0.5) is 0 Å². The molecule has 0 bridgehead atoms. The van der Waals surface area contributed by atoms with Gasteiger partial charge in [0.05, 0.1) is 11.5 Å². The molecule has 5 aliphatic rings. The number of hydrogen-bond acceptors (Lipinski definition) is 2. The van der Waals surface area contributed by atoms with E-state index in [9.17, 15) is 9.90 Å². The van der Waals surface area contributed by atoms with Crippen LogP contribution in [0.15, 0.2) is 36.0 Å². The number of ether oxygens (including phenoxy) is 1. The van der Waals surface area contributed by atoms with Crippen molar-refractivity contribution in [2.24, 2.45) is 56.7 Å². The molecule has 4 fully saturated rings. The molecule has 0 aliphatic heterocycles. The highest BCUT2D eigenvalue weighted by molar-refractivity contribution is 5.76. The molecular weight excluding hydrogens is 625 g/mol. The van der Waals surface area contributed by atoms with Gasteiger partial charge in [0.25, 0.3) is 0 Å². The van der Waals surface area contributed by atoms with Crippen molar-refractivity contribution in [3.63, 3.8) is 0 Å². The van der Waals surface area contributed by atoms with Crippen LogP contribution in [0, 0.1) is 56.7 Å². The summed E-state index contributed by atoms with van der Waals surface area (Å²) in [7, 11) is 0. The first-order valence-corrected chi connectivity index (χ1v) is 22.1. The van der Waals surface area contributed by atoms with E-state index in [1.807, 2.05) is 0 Å².